The number of carbonyl (C=O) groups excluding carboxylic acids is 1. The lowest BCUT2D eigenvalue weighted by Gasteiger charge is -2.35. The summed E-state index contributed by atoms with van der Waals surface area (Å²) in [6.07, 6.45) is -2.52. The Bertz CT molecular complexity index is 1130. The first-order chi connectivity index (χ1) is 17.7. The van der Waals surface area contributed by atoms with Gasteiger partial charge in [0.05, 0.1) is 23.1 Å². The van der Waals surface area contributed by atoms with Crippen LogP contribution < -0.4 is 25.8 Å². The molecule has 2 unspecified atom stereocenters. The summed E-state index contributed by atoms with van der Waals surface area (Å²) in [7, 11) is 2.02. The Balaban J connectivity index is 1.30. The Morgan fingerprint density at radius 2 is 1.81 bits per heavy atom. The maximum atomic E-state index is 14.1. The molecule has 10 heteroatoms. The van der Waals surface area contributed by atoms with E-state index in [-0.39, 0.29) is 23.8 Å². The standard InChI is InChI=1S/C27H35F3N6O/c1-18(37)36-11-9-19-4-3-5-24(26(19)36)32-20-8-10-31-25(16-20)33-23-7-6-21(17-22(23)27(28,29)30)35-14-12-34(2)13-15-35/h3-7,17,20,25,31-33H,8-16H2,1-2H3. The third-order valence-electron chi connectivity index (χ3n) is 7.64. The van der Waals surface area contributed by atoms with Gasteiger partial charge in [0.2, 0.25) is 5.91 Å². The predicted octanol–water partition coefficient (Wildman–Crippen LogP) is 3.97. The molecule has 2 aromatic rings. The molecule has 3 aliphatic heterocycles. The molecule has 200 valence electrons. The van der Waals surface area contributed by atoms with Crippen molar-refractivity contribution in [3.8, 4) is 0 Å². The van der Waals surface area contributed by atoms with Gasteiger partial charge in [-0.2, -0.15) is 13.2 Å². The summed E-state index contributed by atoms with van der Waals surface area (Å²) in [4.78, 5) is 18.1. The molecule has 0 saturated carbocycles. The smallest absolute Gasteiger partial charge is 0.380 e. The number of carbonyl (C=O) groups is 1. The molecule has 2 fully saturated rings. The second-order valence-electron chi connectivity index (χ2n) is 10.3. The van der Waals surface area contributed by atoms with Gasteiger partial charge < -0.3 is 25.3 Å². The topological polar surface area (TPSA) is 62.9 Å². The minimum Gasteiger partial charge on any atom is -0.380 e. The monoisotopic (exact) mass is 516 g/mol. The van der Waals surface area contributed by atoms with Crippen molar-refractivity contribution in [2.24, 2.45) is 0 Å². The third kappa shape index (κ3) is 5.65. The number of rotatable bonds is 5. The molecule has 2 atom stereocenters. The summed E-state index contributed by atoms with van der Waals surface area (Å²) in [6.45, 7) is 5.99. The molecular weight excluding hydrogens is 481 g/mol. The molecule has 0 aromatic heterocycles. The number of halogens is 3. The molecule has 1 amide bonds. The summed E-state index contributed by atoms with van der Waals surface area (Å²) < 4.78 is 42.2. The van der Waals surface area contributed by atoms with E-state index in [1.54, 1.807) is 24.0 Å². The van der Waals surface area contributed by atoms with Crippen LogP contribution in [0.4, 0.5) is 35.9 Å². The van der Waals surface area contributed by atoms with Crippen LogP contribution in [0.3, 0.4) is 0 Å². The van der Waals surface area contributed by atoms with Gasteiger partial charge in [-0.15, -0.1) is 0 Å². The zero-order valence-corrected chi connectivity index (χ0v) is 21.4. The highest BCUT2D eigenvalue weighted by atomic mass is 19.4. The molecule has 2 aromatic carbocycles. The van der Waals surface area contributed by atoms with Gasteiger partial charge in [0.1, 0.15) is 0 Å². The van der Waals surface area contributed by atoms with Crippen LogP contribution in [0, 0.1) is 0 Å². The van der Waals surface area contributed by atoms with Crippen LogP contribution in [0.15, 0.2) is 36.4 Å². The Labute approximate surface area is 216 Å². The van der Waals surface area contributed by atoms with Gasteiger partial charge in [0.25, 0.3) is 0 Å². The van der Waals surface area contributed by atoms with E-state index < -0.39 is 11.7 Å². The molecule has 2 saturated heterocycles. The van der Waals surface area contributed by atoms with Gasteiger partial charge in [0, 0.05) is 63.5 Å². The Morgan fingerprint density at radius 3 is 2.54 bits per heavy atom. The van der Waals surface area contributed by atoms with E-state index in [2.05, 4.69) is 20.9 Å². The number of para-hydroxylation sites is 1. The van der Waals surface area contributed by atoms with E-state index >= 15 is 0 Å². The van der Waals surface area contributed by atoms with Crippen molar-refractivity contribution in [1.82, 2.24) is 10.2 Å². The van der Waals surface area contributed by atoms with Crippen LogP contribution in [0.2, 0.25) is 0 Å². The first-order valence-corrected chi connectivity index (χ1v) is 13.0. The van der Waals surface area contributed by atoms with Gasteiger partial charge in [0.15, 0.2) is 0 Å². The minimum atomic E-state index is -4.46. The molecular formula is C27H35F3N6O. The largest absolute Gasteiger partial charge is 0.418 e. The fraction of sp³-hybridized carbons (Fsp3) is 0.519. The lowest BCUT2D eigenvalue weighted by atomic mass is 10.0. The molecule has 0 aliphatic carbocycles. The van der Waals surface area contributed by atoms with Gasteiger partial charge in [-0.05, 0) is 56.3 Å². The van der Waals surface area contributed by atoms with Gasteiger partial charge in [-0.3, -0.25) is 10.1 Å². The van der Waals surface area contributed by atoms with Crippen molar-refractivity contribution >= 4 is 28.7 Å². The summed E-state index contributed by atoms with van der Waals surface area (Å²) >= 11 is 0. The molecule has 0 radical (unpaired) electrons. The number of piperazine rings is 1. The molecule has 7 nitrogen and oxygen atoms in total. The van der Waals surface area contributed by atoms with Crippen LogP contribution in [0.5, 0.6) is 0 Å². The number of likely N-dealkylation sites (N-methyl/N-ethyl adjacent to an activating group) is 1. The Morgan fingerprint density at radius 1 is 1.03 bits per heavy atom. The van der Waals surface area contributed by atoms with E-state index in [0.29, 0.717) is 38.3 Å². The van der Waals surface area contributed by atoms with Crippen molar-refractivity contribution in [1.29, 1.82) is 0 Å². The highest BCUT2D eigenvalue weighted by Crippen LogP contribution is 2.39. The van der Waals surface area contributed by atoms with E-state index in [0.717, 1.165) is 42.9 Å². The number of piperidine rings is 1. The summed E-state index contributed by atoms with van der Waals surface area (Å²) in [6, 6.07) is 10.7. The second-order valence-corrected chi connectivity index (χ2v) is 10.3. The average molecular weight is 517 g/mol. The molecule has 37 heavy (non-hydrogen) atoms. The highest BCUT2D eigenvalue weighted by Gasteiger charge is 2.36. The second kappa shape index (κ2) is 10.4. The number of benzene rings is 2. The third-order valence-corrected chi connectivity index (χ3v) is 7.64. The molecule has 5 rings (SSSR count). The van der Waals surface area contributed by atoms with Crippen LogP contribution in [0.25, 0.3) is 0 Å². The van der Waals surface area contributed by atoms with Crippen molar-refractivity contribution in [2.75, 3.05) is 66.7 Å². The maximum Gasteiger partial charge on any atom is 0.418 e. The van der Waals surface area contributed by atoms with Gasteiger partial charge in [-0.25, -0.2) is 0 Å². The van der Waals surface area contributed by atoms with Crippen molar-refractivity contribution < 1.29 is 18.0 Å². The van der Waals surface area contributed by atoms with E-state index in [9.17, 15) is 18.0 Å². The van der Waals surface area contributed by atoms with Crippen molar-refractivity contribution in [3.63, 3.8) is 0 Å². The van der Waals surface area contributed by atoms with Crippen molar-refractivity contribution in [2.45, 2.75) is 44.6 Å². The Hall–Kier alpha value is -2.98. The number of alkyl halides is 3. The summed E-state index contributed by atoms with van der Waals surface area (Å²) in [5.41, 5.74) is 3.03. The summed E-state index contributed by atoms with van der Waals surface area (Å²) in [5, 5.41) is 10.0. The normalized spacial score (nSPS) is 22.6. The zero-order chi connectivity index (χ0) is 26.2. The fourth-order valence-electron chi connectivity index (χ4n) is 5.61. The molecule has 3 aliphatic rings. The van der Waals surface area contributed by atoms with Crippen molar-refractivity contribution in [3.05, 3.63) is 47.5 Å². The number of nitrogens with one attached hydrogen (secondary N) is 3. The zero-order valence-electron chi connectivity index (χ0n) is 21.4. The highest BCUT2D eigenvalue weighted by molar-refractivity contribution is 5.98. The number of anilines is 4. The van der Waals surface area contributed by atoms with Gasteiger partial charge in [-0.1, -0.05) is 12.1 Å². The lowest BCUT2D eigenvalue weighted by molar-refractivity contribution is -0.137. The first kappa shape index (κ1) is 25.7. The molecule has 3 N–H and O–H groups in total. The molecule has 3 heterocycles. The van der Waals surface area contributed by atoms with Crippen LogP contribution in [0.1, 0.15) is 30.9 Å². The summed E-state index contributed by atoms with van der Waals surface area (Å²) in [5.74, 6) is 0.0116. The molecule has 0 spiro atoms. The van der Waals surface area contributed by atoms with Crippen LogP contribution >= 0.6 is 0 Å². The fourth-order valence-corrected chi connectivity index (χ4v) is 5.61. The number of amides is 1. The van der Waals surface area contributed by atoms with Crippen LogP contribution in [-0.2, 0) is 17.4 Å². The number of nitrogens with zero attached hydrogens (tertiary/aromatic N) is 3. The quantitative estimate of drug-likeness (QED) is 0.559. The van der Waals surface area contributed by atoms with Crippen LogP contribution in [-0.4, -0.2) is 69.3 Å². The maximum absolute atomic E-state index is 14.1. The number of hydrogen-bond donors (Lipinski definition) is 3. The lowest BCUT2D eigenvalue weighted by Crippen LogP contribution is -2.47. The molecule has 0 bridgehead atoms. The Kier molecular flexibility index (Phi) is 7.22. The van der Waals surface area contributed by atoms with Gasteiger partial charge >= 0.3 is 6.18 Å². The number of hydrogen-bond acceptors (Lipinski definition) is 6. The SMILES string of the molecule is CC(=O)N1CCc2cccc(NC3CCNC(Nc4ccc(N5CCN(C)CC5)cc4C(F)(F)F)C3)c21. The predicted molar refractivity (Wildman–Crippen MR) is 141 cm³/mol. The minimum absolute atomic E-state index is 0.0116. The van der Waals surface area contributed by atoms with E-state index in [1.165, 1.54) is 6.07 Å². The first-order valence-electron chi connectivity index (χ1n) is 13.0. The van der Waals surface area contributed by atoms with E-state index in [4.69, 9.17) is 0 Å². The average Bonchev–Trinajstić information content (AvgIpc) is 3.30. The number of fused-ring (bicyclic) bond motifs is 1. The van der Waals surface area contributed by atoms with E-state index in [1.807, 2.05) is 30.1 Å².